The van der Waals surface area contributed by atoms with Crippen LogP contribution in [0.4, 0.5) is 0 Å². The summed E-state index contributed by atoms with van der Waals surface area (Å²) in [6.45, 7) is 3.51. The van der Waals surface area contributed by atoms with Gasteiger partial charge in [-0.1, -0.05) is 39.0 Å². The van der Waals surface area contributed by atoms with Crippen LogP contribution in [0, 0.1) is 11.3 Å². The van der Waals surface area contributed by atoms with Gasteiger partial charge in [0.2, 0.25) is 0 Å². The quantitative estimate of drug-likeness (QED) is 0.593. The van der Waals surface area contributed by atoms with Crippen LogP contribution >= 0.6 is 0 Å². The lowest BCUT2D eigenvalue weighted by molar-refractivity contribution is 0.115. The number of hydrogen-bond donors (Lipinski definition) is 0. The Bertz CT molecular complexity index is 423. The summed E-state index contributed by atoms with van der Waals surface area (Å²) >= 11 is 0. The number of benzene rings is 1. The molecule has 110 valence electrons. The molecule has 0 aliphatic carbocycles. The van der Waals surface area contributed by atoms with E-state index in [4.69, 9.17) is 14.7 Å². The van der Waals surface area contributed by atoms with Crippen molar-refractivity contribution in [1.29, 1.82) is 5.26 Å². The normalized spacial score (nSPS) is 10.2. The number of rotatable bonds is 10. The molecule has 0 radical (unpaired) electrons. The van der Waals surface area contributed by atoms with Crippen molar-refractivity contribution in [2.45, 2.75) is 52.1 Å². The van der Waals surface area contributed by atoms with Crippen LogP contribution in [0.15, 0.2) is 18.2 Å². The number of ether oxygens (including phenoxy) is 2. The largest absolute Gasteiger partial charge is 0.496 e. The Hall–Kier alpha value is -1.53. The van der Waals surface area contributed by atoms with Crippen LogP contribution in [0.1, 0.15) is 56.6 Å². The van der Waals surface area contributed by atoms with Gasteiger partial charge >= 0.3 is 0 Å². The van der Waals surface area contributed by atoms with Crippen LogP contribution in [0.5, 0.6) is 5.75 Å². The molecular weight excluding hydrogens is 250 g/mol. The average Bonchev–Trinajstić information content (AvgIpc) is 2.49. The molecule has 0 amide bonds. The van der Waals surface area contributed by atoms with Gasteiger partial charge in [-0.15, -0.1) is 0 Å². The van der Waals surface area contributed by atoms with E-state index in [0.717, 1.165) is 24.3 Å². The first-order valence-electron chi connectivity index (χ1n) is 7.46. The predicted molar refractivity (Wildman–Crippen MR) is 80.7 cm³/mol. The molecule has 3 heteroatoms. The van der Waals surface area contributed by atoms with Crippen molar-refractivity contribution in [2.75, 3.05) is 13.7 Å². The van der Waals surface area contributed by atoms with Gasteiger partial charge in [-0.2, -0.15) is 5.26 Å². The summed E-state index contributed by atoms with van der Waals surface area (Å²) in [6.07, 6.45) is 7.57. The molecule has 0 aliphatic rings. The van der Waals surface area contributed by atoms with Crippen molar-refractivity contribution >= 4 is 0 Å². The lowest BCUT2D eigenvalue weighted by atomic mass is 10.1. The lowest BCUT2D eigenvalue weighted by Crippen LogP contribution is -1.99. The van der Waals surface area contributed by atoms with Crippen LogP contribution in [0.2, 0.25) is 0 Å². The van der Waals surface area contributed by atoms with Crippen molar-refractivity contribution in [2.24, 2.45) is 0 Å². The first-order valence-corrected chi connectivity index (χ1v) is 7.46. The van der Waals surface area contributed by atoms with Crippen molar-refractivity contribution in [3.8, 4) is 11.8 Å². The van der Waals surface area contributed by atoms with E-state index in [9.17, 15) is 0 Å². The predicted octanol–water partition coefficient (Wildman–Crippen LogP) is 4.44. The Morgan fingerprint density at radius 2 is 1.85 bits per heavy atom. The fourth-order valence-corrected chi connectivity index (χ4v) is 2.13. The van der Waals surface area contributed by atoms with Gasteiger partial charge in [-0.25, -0.2) is 0 Å². The molecule has 0 heterocycles. The van der Waals surface area contributed by atoms with Gasteiger partial charge in [-0.05, 0) is 24.6 Å². The van der Waals surface area contributed by atoms with E-state index < -0.39 is 0 Å². The van der Waals surface area contributed by atoms with Gasteiger partial charge in [0.1, 0.15) is 5.75 Å². The summed E-state index contributed by atoms with van der Waals surface area (Å²) in [4.78, 5) is 0. The fraction of sp³-hybridized carbons (Fsp3) is 0.588. The highest BCUT2D eigenvalue weighted by molar-refractivity contribution is 5.41. The summed E-state index contributed by atoms with van der Waals surface area (Å²) in [5.74, 6) is 0.784. The van der Waals surface area contributed by atoms with Crippen molar-refractivity contribution in [1.82, 2.24) is 0 Å². The maximum atomic E-state index is 8.91. The van der Waals surface area contributed by atoms with Gasteiger partial charge in [0.05, 0.1) is 25.3 Å². The molecule has 1 rings (SSSR count). The van der Waals surface area contributed by atoms with E-state index in [2.05, 4.69) is 13.0 Å². The summed E-state index contributed by atoms with van der Waals surface area (Å²) in [6, 6.07) is 7.55. The number of nitriles is 1. The molecule has 3 nitrogen and oxygen atoms in total. The van der Waals surface area contributed by atoms with Gasteiger partial charge in [0, 0.05) is 12.2 Å². The van der Waals surface area contributed by atoms with E-state index >= 15 is 0 Å². The van der Waals surface area contributed by atoms with Crippen molar-refractivity contribution in [3.63, 3.8) is 0 Å². The highest BCUT2D eigenvalue weighted by Gasteiger charge is 2.04. The summed E-state index contributed by atoms with van der Waals surface area (Å²) in [5.41, 5.74) is 1.58. The van der Waals surface area contributed by atoms with Crippen LogP contribution in [0.3, 0.4) is 0 Å². The van der Waals surface area contributed by atoms with Crippen LogP contribution in [0.25, 0.3) is 0 Å². The highest BCUT2D eigenvalue weighted by atomic mass is 16.5. The Kier molecular flexibility index (Phi) is 8.49. The Morgan fingerprint density at radius 3 is 2.55 bits per heavy atom. The van der Waals surface area contributed by atoms with Crippen LogP contribution in [-0.2, 0) is 11.3 Å². The number of nitrogens with zero attached hydrogens (tertiary/aromatic N) is 1. The van der Waals surface area contributed by atoms with E-state index in [-0.39, 0.29) is 0 Å². The van der Waals surface area contributed by atoms with Gasteiger partial charge in [-0.3, -0.25) is 0 Å². The number of methoxy groups -OCH3 is 1. The topological polar surface area (TPSA) is 42.2 Å². The molecule has 0 saturated carbocycles. The van der Waals surface area contributed by atoms with Crippen molar-refractivity contribution in [3.05, 3.63) is 29.3 Å². The SMILES string of the molecule is CCCCCCCCOCc1cc(C#N)ccc1OC. The monoisotopic (exact) mass is 275 g/mol. The van der Waals surface area contributed by atoms with Crippen LogP contribution in [-0.4, -0.2) is 13.7 Å². The van der Waals surface area contributed by atoms with Gasteiger partial charge in [0.15, 0.2) is 0 Å². The molecular formula is C17H25NO2. The maximum Gasteiger partial charge on any atom is 0.124 e. The zero-order valence-electron chi connectivity index (χ0n) is 12.7. The smallest absolute Gasteiger partial charge is 0.124 e. The zero-order chi connectivity index (χ0) is 14.6. The lowest BCUT2D eigenvalue weighted by Gasteiger charge is -2.09. The fourth-order valence-electron chi connectivity index (χ4n) is 2.13. The Labute approximate surface area is 122 Å². The summed E-state index contributed by atoms with van der Waals surface area (Å²) in [7, 11) is 1.64. The average molecular weight is 275 g/mol. The van der Waals surface area contributed by atoms with E-state index in [1.807, 2.05) is 12.1 Å². The zero-order valence-corrected chi connectivity index (χ0v) is 12.7. The maximum absolute atomic E-state index is 8.91. The molecule has 0 atom stereocenters. The molecule has 0 fully saturated rings. The summed E-state index contributed by atoms with van der Waals surface area (Å²) < 4.78 is 11.0. The third kappa shape index (κ3) is 6.08. The second kappa shape index (κ2) is 10.3. The first kappa shape index (κ1) is 16.5. The minimum Gasteiger partial charge on any atom is -0.496 e. The second-order valence-electron chi connectivity index (χ2n) is 4.96. The molecule has 0 aromatic heterocycles. The number of hydrogen-bond acceptors (Lipinski definition) is 3. The van der Waals surface area contributed by atoms with Gasteiger partial charge < -0.3 is 9.47 Å². The molecule has 1 aromatic carbocycles. The van der Waals surface area contributed by atoms with Gasteiger partial charge in [0.25, 0.3) is 0 Å². The van der Waals surface area contributed by atoms with E-state index in [1.165, 1.54) is 32.1 Å². The minimum absolute atomic E-state index is 0.508. The molecule has 0 N–H and O–H groups in total. The molecule has 0 bridgehead atoms. The minimum atomic E-state index is 0.508. The third-order valence-corrected chi connectivity index (χ3v) is 3.31. The Balaban J connectivity index is 2.26. The van der Waals surface area contributed by atoms with E-state index in [1.54, 1.807) is 13.2 Å². The standard InChI is InChI=1S/C17H25NO2/c1-3-4-5-6-7-8-11-20-14-16-12-15(13-18)9-10-17(16)19-2/h9-10,12H,3-8,11,14H2,1-2H3. The molecule has 0 unspecified atom stereocenters. The number of unbranched alkanes of at least 4 members (excludes halogenated alkanes) is 5. The van der Waals surface area contributed by atoms with Crippen molar-refractivity contribution < 1.29 is 9.47 Å². The molecule has 1 aromatic rings. The highest BCUT2D eigenvalue weighted by Crippen LogP contribution is 2.20. The third-order valence-electron chi connectivity index (χ3n) is 3.31. The van der Waals surface area contributed by atoms with Crippen LogP contribution < -0.4 is 4.74 Å². The molecule has 0 spiro atoms. The molecule has 0 saturated heterocycles. The second-order valence-corrected chi connectivity index (χ2v) is 4.96. The van der Waals surface area contributed by atoms with E-state index in [0.29, 0.717) is 12.2 Å². The Morgan fingerprint density at radius 1 is 1.10 bits per heavy atom. The summed E-state index contributed by atoms with van der Waals surface area (Å²) in [5, 5.41) is 8.91. The first-order chi connectivity index (χ1) is 9.81. The molecule has 20 heavy (non-hydrogen) atoms. The molecule has 0 aliphatic heterocycles.